The van der Waals surface area contributed by atoms with E-state index in [9.17, 15) is 0 Å². The molecule has 7 nitrogen and oxygen atoms in total. The number of aromatic nitrogens is 2. The third kappa shape index (κ3) is 5.95. The van der Waals surface area contributed by atoms with Gasteiger partial charge in [-0.05, 0) is 0 Å². The molecule has 0 unspecified atom stereocenters. The SMILES string of the molecule is C[n+]1ccc(-c2nc(-c3ccccc3)c(-c3ccccc3)o2)cc1.[O-][Cl+3]([O-])([O-])[O-]. The van der Waals surface area contributed by atoms with E-state index in [1.54, 1.807) is 0 Å². The Balaban J connectivity index is 0.000000431. The summed E-state index contributed by atoms with van der Waals surface area (Å²) in [5.41, 5.74) is 3.90. The molecular formula is C21H17ClN2O5. The minimum atomic E-state index is -4.94. The van der Waals surface area contributed by atoms with Gasteiger partial charge >= 0.3 is 0 Å². The number of halogens is 1. The van der Waals surface area contributed by atoms with Gasteiger partial charge in [0, 0.05) is 28.8 Å². The van der Waals surface area contributed by atoms with E-state index in [0.717, 1.165) is 28.1 Å². The summed E-state index contributed by atoms with van der Waals surface area (Å²) >= 11 is 0. The first-order chi connectivity index (χ1) is 13.8. The van der Waals surface area contributed by atoms with Crippen LogP contribution in [0.25, 0.3) is 34.0 Å². The zero-order valence-corrected chi connectivity index (χ0v) is 16.2. The molecule has 0 aliphatic carbocycles. The topological polar surface area (TPSA) is 122 Å². The van der Waals surface area contributed by atoms with E-state index in [2.05, 4.69) is 12.1 Å². The van der Waals surface area contributed by atoms with Crippen molar-refractivity contribution in [2.24, 2.45) is 7.05 Å². The molecule has 0 atom stereocenters. The summed E-state index contributed by atoms with van der Waals surface area (Å²) in [6.45, 7) is 0. The second kappa shape index (κ2) is 8.95. The number of oxazole rings is 1. The summed E-state index contributed by atoms with van der Waals surface area (Å²) in [6.07, 6.45) is 3.98. The second-order valence-corrected chi connectivity index (χ2v) is 6.81. The van der Waals surface area contributed by atoms with E-state index in [1.165, 1.54) is 0 Å². The second-order valence-electron chi connectivity index (χ2n) is 6.06. The minimum absolute atomic E-state index is 0.633. The Morgan fingerprint density at radius 3 is 1.72 bits per heavy atom. The number of benzene rings is 2. The van der Waals surface area contributed by atoms with Crippen LogP contribution in [0.1, 0.15) is 0 Å². The van der Waals surface area contributed by atoms with Crippen molar-refractivity contribution < 1.29 is 37.9 Å². The molecule has 0 amide bonds. The van der Waals surface area contributed by atoms with Crippen molar-refractivity contribution in [2.75, 3.05) is 0 Å². The van der Waals surface area contributed by atoms with Gasteiger partial charge in [-0.15, -0.1) is 10.2 Å². The lowest BCUT2D eigenvalue weighted by Gasteiger charge is -2.17. The van der Waals surface area contributed by atoms with Gasteiger partial charge in [0.25, 0.3) is 0 Å². The molecular weight excluding hydrogens is 396 g/mol. The fraction of sp³-hybridized carbons (Fsp3) is 0.0476. The highest BCUT2D eigenvalue weighted by Crippen LogP contribution is 2.35. The molecule has 0 saturated carbocycles. The lowest BCUT2D eigenvalue weighted by Crippen LogP contribution is -2.68. The summed E-state index contributed by atoms with van der Waals surface area (Å²) in [6, 6.07) is 24.3. The van der Waals surface area contributed by atoms with Crippen LogP contribution >= 0.6 is 0 Å². The number of rotatable bonds is 3. The molecule has 2 heterocycles. The van der Waals surface area contributed by atoms with E-state index in [1.807, 2.05) is 84.7 Å². The number of pyridine rings is 1. The van der Waals surface area contributed by atoms with Crippen molar-refractivity contribution in [3.63, 3.8) is 0 Å². The first kappa shape index (κ1) is 20.7. The van der Waals surface area contributed by atoms with Crippen molar-refractivity contribution in [3.8, 4) is 34.0 Å². The van der Waals surface area contributed by atoms with Gasteiger partial charge in [-0.1, -0.05) is 60.7 Å². The summed E-state index contributed by atoms with van der Waals surface area (Å²) < 4.78 is 42.1. The van der Waals surface area contributed by atoms with Gasteiger partial charge < -0.3 is 4.42 Å². The molecule has 8 heteroatoms. The third-order valence-electron chi connectivity index (χ3n) is 3.94. The number of hydrogen-bond acceptors (Lipinski definition) is 6. The molecule has 0 aliphatic rings. The van der Waals surface area contributed by atoms with Crippen LogP contribution in [0.15, 0.2) is 89.6 Å². The van der Waals surface area contributed by atoms with Gasteiger partial charge in [-0.2, -0.15) is 0 Å². The maximum atomic E-state index is 8.49. The van der Waals surface area contributed by atoms with Crippen LogP contribution in [-0.4, -0.2) is 4.98 Å². The zero-order valence-electron chi connectivity index (χ0n) is 15.4. The Bertz CT molecular complexity index is 983. The monoisotopic (exact) mass is 412 g/mol. The summed E-state index contributed by atoms with van der Waals surface area (Å²) in [4.78, 5) is 4.78. The molecule has 4 aromatic rings. The highest BCUT2D eigenvalue weighted by atomic mass is 35.7. The zero-order chi connectivity index (χ0) is 20.9. The van der Waals surface area contributed by atoms with E-state index in [4.69, 9.17) is 28.0 Å². The number of hydrogen-bond donors (Lipinski definition) is 0. The molecule has 29 heavy (non-hydrogen) atoms. The molecule has 0 saturated heterocycles. The lowest BCUT2D eigenvalue weighted by atomic mass is 10.1. The van der Waals surface area contributed by atoms with Crippen molar-refractivity contribution >= 4 is 0 Å². The van der Waals surface area contributed by atoms with Gasteiger partial charge in [0.15, 0.2) is 18.2 Å². The average molecular weight is 413 g/mol. The van der Waals surface area contributed by atoms with Crippen LogP contribution in [0.2, 0.25) is 0 Å². The van der Waals surface area contributed by atoms with E-state index in [-0.39, 0.29) is 0 Å². The summed E-state index contributed by atoms with van der Waals surface area (Å²) in [7, 11) is -2.95. The first-order valence-electron chi connectivity index (χ1n) is 8.50. The van der Waals surface area contributed by atoms with Gasteiger partial charge in [0.1, 0.15) is 12.7 Å². The Labute approximate surface area is 169 Å². The Morgan fingerprint density at radius 2 is 1.21 bits per heavy atom. The van der Waals surface area contributed by atoms with Crippen LogP contribution in [0.5, 0.6) is 0 Å². The Hall–Kier alpha value is -3.07. The molecule has 0 spiro atoms. The predicted octanol–water partition coefficient (Wildman–Crippen LogP) is -0.256. The largest absolute Gasteiger partial charge is 0.435 e. The van der Waals surface area contributed by atoms with Crippen molar-refractivity contribution in [1.82, 2.24) is 4.98 Å². The fourth-order valence-electron chi connectivity index (χ4n) is 2.66. The van der Waals surface area contributed by atoms with Gasteiger partial charge in [0.05, 0.1) is 0 Å². The molecule has 0 N–H and O–H groups in total. The van der Waals surface area contributed by atoms with E-state index >= 15 is 0 Å². The summed E-state index contributed by atoms with van der Waals surface area (Å²) in [5.74, 6) is 1.43. The highest BCUT2D eigenvalue weighted by molar-refractivity contribution is 5.78. The van der Waals surface area contributed by atoms with Crippen LogP contribution in [0, 0.1) is 10.2 Å². The fourth-order valence-corrected chi connectivity index (χ4v) is 2.66. The quantitative estimate of drug-likeness (QED) is 0.427. The highest BCUT2D eigenvalue weighted by Gasteiger charge is 2.18. The molecule has 2 aromatic carbocycles. The predicted molar refractivity (Wildman–Crippen MR) is 94.0 cm³/mol. The number of aryl methyl sites for hydroxylation is 1. The average Bonchev–Trinajstić information content (AvgIpc) is 3.14. The lowest BCUT2D eigenvalue weighted by molar-refractivity contribution is -2.00. The van der Waals surface area contributed by atoms with Crippen molar-refractivity contribution in [1.29, 1.82) is 0 Å². The molecule has 4 rings (SSSR count). The van der Waals surface area contributed by atoms with Crippen LogP contribution in [0.3, 0.4) is 0 Å². The molecule has 148 valence electrons. The van der Waals surface area contributed by atoms with Crippen LogP contribution in [0.4, 0.5) is 0 Å². The van der Waals surface area contributed by atoms with E-state index < -0.39 is 10.2 Å². The first-order valence-corrected chi connectivity index (χ1v) is 9.74. The minimum Gasteiger partial charge on any atom is -0.435 e. The molecule has 0 bridgehead atoms. The maximum absolute atomic E-state index is 8.49. The molecule has 2 aromatic heterocycles. The molecule has 0 fully saturated rings. The normalized spacial score (nSPS) is 10.9. The van der Waals surface area contributed by atoms with Crippen molar-refractivity contribution in [3.05, 3.63) is 85.2 Å². The molecule has 0 aliphatic heterocycles. The standard InChI is InChI=1S/C21H17N2O.ClHO4/c1-23-14-12-18(13-15-23)21-22-19(16-8-4-2-5-9-16)20(24-21)17-10-6-3-7-11-17;2-1(3,4)5/h2-15H,1H3;(H,2,3,4,5)/q+1;/p-1. The Morgan fingerprint density at radius 1 is 0.724 bits per heavy atom. The van der Waals surface area contributed by atoms with E-state index in [0.29, 0.717) is 5.89 Å². The van der Waals surface area contributed by atoms with Crippen LogP contribution in [-0.2, 0) is 7.05 Å². The van der Waals surface area contributed by atoms with Crippen molar-refractivity contribution in [2.45, 2.75) is 0 Å². The maximum Gasteiger partial charge on any atom is 0.227 e. The Kier molecular flexibility index (Phi) is 6.38. The third-order valence-corrected chi connectivity index (χ3v) is 3.94. The van der Waals surface area contributed by atoms with Gasteiger partial charge in [0.2, 0.25) is 5.89 Å². The smallest absolute Gasteiger partial charge is 0.227 e. The number of nitrogens with zero attached hydrogens (tertiary/aromatic N) is 2. The van der Waals surface area contributed by atoms with Gasteiger partial charge in [-0.3, -0.25) is 0 Å². The van der Waals surface area contributed by atoms with Gasteiger partial charge in [-0.25, -0.2) is 28.2 Å². The molecule has 0 radical (unpaired) electrons. The summed E-state index contributed by atoms with van der Waals surface area (Å²) in [5, 5.41) is 0. The van der Waals surface area contributed by atoms with Crippen LogP contribution < -0.4 is 23.2 Å².